The van der Waals surface area contributed by atoms with Crippen LogP contribution in [0.3, 0.4) is 0 Å². The molecule has 1 saturated carbocycles. The topological polar surface area (TPSA) is 131 Å². The molecule has 1 amide bonds. The van der Waals surface area contributed by atoms with Gasteiger partial charge in [-0.2, -0.15) is 13.2 Å². The fourth-order valence-electron chi connectivity index (χ4n) is 5.47. The predicted octanol–water partition coefficient (Wildman–Crippen LogP) is 5.12. The van der Waals surface area contributed by atoms with Crippen molar-refractivity contribution in [1.29, 1.82) is 0 Å². The number of carbonyl (C=O) groups is 2. The summed E-state index contributed by atoms with van der Waals surface area (Å²) in [6.07, 6.45) is -0.825. The number of hydrogen-bond acceptors (Lipinski definition) is 8. The van der Waals surface area contributed by atoms with E-state index < -0.39 is 17.7 Å². The molecule has 1 atom stereocenters. The van der Waals surface area contributed by atoms with Crippen LogP contribution >= 0.6 is 0 Å². The Balaban J connectivity index is 1.63. The van der Waals surface area contributed by atoms with Crippen molar-refractivity contribution in [3.63, 3.8) is 0 Å². The molecule has 0 radical (unpaired) electrons. The third-order valence-corrected chi connectivity index (χ3v) is 8.03. The van der Waals surface area contributed by atoms with E-state index in [4.69, 9.17) is 14.8 Å². The lowest BCUT2D eigenvalue weighted by molar-refractivity contribution is -0.137. The number of halogens is 3. The molecule has 1 aliphatic rings. The third kappa shape index (κ3) is 7.42. The molecule has 0 saturated heterocycles. The van der Waals surface area contributed by atoms with Crippen molar-refractivity contribution in [3.05, 3.63) is 71.0 Å². The number of aromatic nitrogens is 4. The highest BCUT2D eigenvalue weighted by molar-refractivity contribution is 5.93. The van der Waals surface area contributed by atoms with Crippen LogP contribution in [0.15, 0.2) is 48.5 Å². The molecule has 2 heterocycles. The zero-order valence-electron chi connectivity index (χ0n) is 25.0. The van der Waals surface area contributed by atoms with Crippen LogP contribution in [0.5, 0.6) is 0 Å². The lowest BCUT2D eigenvalue weighted by Gasteiger charge is -2.35. The molecule has 0 spiro atoms. The second kappa shape index (κ2) is 13.6. The summed E-state index contributed by atoms with van der Waals surface area (Å²) < 4.78 is 46.6. The summed E-state index contributed by atoms with van der Waals surface area (Å²) in [7, 11) is 1.23. The average molecular weight is 625 g/mol. The minimum Gasteiger partial charge on any atom is -0.463 e. The van der Waals surface area contributed by atoms with E-state index in [1.54, 1.807) is 0 Å². The zero-order chi connectivity index (χ0) is 32.1. The fourth-order valence-corrected chi connectivity index (χ4v) is 5.47. The molecular weight excluding hydrogens is 589 g/mol. The first-order chi connectivity index (χ1) is 21.6. The number of aliphatic hydroxyl groups excluding tert-OH is 1. The number of methoxy groups -OCH3 is 1. The van der Waals surface area contributed by atoms with Gasteiger partial charge in [-0.3, -0.25) is 4.79 Å². The Morgan fingerprint density at radius 1 is 1.11 bits per heavy atom. The van der Waals surface area contributed by atoms with Gasteiger partial charge in [-0.25, -0.2) is 19.7 Å². The Bertz CT molecular complexity index is 1670. The number of alkyl halides is 3. The summed E-state index contributed by atoms with van der Waals surface area (Å²) in [5, 5.41) is 15.2. The van der Waals surface area contributed by atoms with Crippen molar-refractivity contribution in [1.82, 2.24) is 24.8 Å². The number of aliphatic hydroxyl groups is 1. The summed E-state index contributed by atoms with van der Waals surface area (Å²) in [5.41, 5.74) is 2.25. The minimum atomic E-state index is -4.46. The van der Waals surface area contributed by atoms with Crippen LogP contribution in [0, 0.1) is 12.8 Å². The van der Waals surface area contributed by atoms with E-state index in [9.17, 15) is 22.8 Å². The van der Waals surface area contributed by atoms with E-state index >= 15 is 0 Å². The van der Waals surface area contributed by atoms with Crippen molar-refractivity contribution in [3.8, 4) is 11.4 Å². The van der Waals surface area contributed by atoms with Gasteiger partial charge in [-0.05, 0) is 55.9 Å². The quantitative estimate of drug-likeness (QED) is 0.185. The Hall–Kier alpha value is -4.52. The van der Waals surface area contributed by atoms with Crippen LogP contribution in [0.25, 0.3) is 22.6 Å². The minimum absolute atomic E-state index is 0.144. The van der Waals surface area contributed by atoms with Crippen LogP contribution in [-0.2, 0) is 22.3 Å². The normalized spacial score (nSPS) is 14.2. The number of hydrogen-bond donors (Lipinski definition) is 3. The van der Waals surface area contributed by atoms with Crippen LogP contribution < -0.4 is 10.6 Å². The summed E-state index contributed by atoms with van der Waals surface area (Å²) in [6, 6.07) is 12.4. The molecule has 5 rings (SSSR count). The number of fused-ring (bicyclic) bond motifs is 1. The van der Waals surface area contributed by atoms with Gasteiger partial charge in [-0.15, -0.1) is 0 Å². The number of anilines is 1. The van der Waals surface area contributed by atoms with Crippen LogP contribution in [0.2, 0.25) is 0 Å². The first-order valence-electron chi connectivity index (χ1n) is 14.8. The highest BCUT2D eigenvalue weighted by Gasteiger charge is 2.32. The van der Waals surface area contributed by atoms with E-state index in [0.29, 0.717) is 29.1 Å². The number of carbonyl (C=O) groups excluding carboxylic acids is 2. The van der Waals surface area contributed by atoms with Gasteiger partial charge in [0.1, 0.15) is 11.3 Å². The Morgan fingerprint density at radius 2 is 1.87 bits per heavy atom. The molecule has 0 aliphatic heterocycles. The van der Waals surface area contributed by atoms with Crippen molar-refractivity contribution in [2.45, 2.75) is 57.8 Å². The molecule has 0 bridgehead atoms. The van der Waals surface area contributed by atoms with Gasteiger partial charge in [-0.1, -0.05) is 42.3 Å². The lowest BCUT2D eigenvalue weighted by atomic mass is 9.78. The van der Waals surface area contributed by atoms with Gasteiger partial charge >= 0.3 is 12.1 Å². The molecule has 2 aromatic heterocycles. The SMILES string of the molecule is COC(=O)c1nc(NC(CCC(=O)NCCO)C2CCC2)c2c(n1)nc(-c1cccc(C)c1)n2Cc1ccc(C(F)(F)F)cc1. The number of aryl methyl sites for hydroxylation is 1. The summed E-state index contributed by atoms with van der Waals surface area (Å²) >= 11 is 0. The summed E-state index contributed by atoms with van der Waals surface area (Å²) in [5.74, 6) is -0.0755. The van der Waals surface area contributed by atoms with Gasteiger partial charge in [0.15, 0.2) is 11.5 Å². The van der Waals surface area contributed by atoms with Crippen molar-refractivity contribution in [2.24, 2.45) is 5.92 Å². The molecule has 1 aliphatic carbocycles. The number of esters is 1. The molecule has 10 nitrogen and oxygen atoms in total. The Morgan fingerprint density at radius 3 is 2.49 bits per heavy atom. The first kappa shape index (κ1) is 31.9. The van der Waals surface area contributed by atoms with Gasteiger partial charge < -0.3 is 25.0 Å². The number of nitrogens with zero attached hydrogens (tertiary/aromatic N) is 4. The molecule has 3 N–H and O–H groups in total. The molecule has 13 heteroatoms. The fraction of sp³-hybridized carbons (Fsp3) is 0.406. The van der Waals surface area contributed by atoms with Crippen molar-refractivity contribution in [2.75, 3.05) is 25.6 Å². The third-order valence-electron chi connectivity index (χ3n) is 8.03. The number of rotatable bonds is 12. The van der Waals surface area contributed by atoms with Gasteiger partial charge in [0.2, 0.25) is 11.7 Å². The maximum absolute atomic E-state index is 13.3. The van der Waals surface area contributed by atoms with Gasteiger partial charge in [0.25, 0.3) is 0 Å². The number of imidazole rings is 1. The maximum Gasteiger partial charge on any atom is 0.416 e. The largest absolute Gasteiger partial charge is 0.463 e. The van der Waals surface area contributed by atoms with E-state index in [-0.39, 0.29) is 55.5 Å². The Kier molecular flexibility index (Phi) is 9.66. The highest BCUT2D eigenvalue weighted by atomic mass is 19.4. The highest BCUT2D eigenvalue weighted by Crippen LogP contribution is 2.36. The summed E-state index contributed by atoms with van der Waals surface area (Å²) in [4.78, 5) is 38.8. The van der Waals surface area contributed by atoms with Gasteiger partial charge in [0.05, 0.1) is 19.3 Å². The molecule has 1 fully saturated rings. The van der Waals surface area contributed by atoms with Crippen molar-refractivity contribution >= 4 is 28.9 Å². The smallest absolute Gasteiger partial charge is 0.416 e. The molecule has 45 heavy (non-hydrogen) atoms. The Labute approximate surface area is 258 Å². The summed E-state index contributed by atoms with van der Waals surface area (Å²) in [6.45, 7) is 2.09. The molecule has 1 unspecified atom stereocenters. The number of benzene rings is 2. The standard InChI is InChI=1S/C32H35F3N6O4/c1-19-5-3-8-22(17-19)30-40-28-26(41(30)18-20-9-11-23(12-10-20)32(33,34)35)27(38-29(39-28)31(44)45-2)37-24(21-6-4-7-21)13-14-25(43)36-15-16-42/h3,5,8-12,17,21,24,42H,4,6-7,13-16,18H2,1-2H3,(H,36,43)(H,37,38,39). The van der Waals surface area contributed by atoms with Gasteiger partial charge in [0, 0.05) is 31.1 Å². The van der Waals surface area contributed by atoms with E-state index in [2.05, 4.69) is 20.6 Å². The van der Waals surface area contributed by atoms with Crippen LogP contribution in [0.4, 0.5) is 19.0 Å². The number of ether oxygens (including phenoxy) is 1. The van der Waals surface area contributed by atoms with E-state index in [1.807, 2.05) is 35.8 Å². The molecule has 238 valence electrons. The monoisotopic (exact) mass is 624 g/mol. The van der Waals surface area contributed by atoms with E-state index in [1.165, 1.54) is 19.2 Å². The number of nitrogens with one attached hydrogen (secondary N) is 2. The molecule has 2 aromatic carbocycles. The lowest BCUT2D eigenvalue weighted by Crippen LogP contribution is -2.36. The second-order valence-corrected chi connectivity index (χ2v) is 11.2. The zero-order valence-corrected chi connectivity index (χ0v) is 25.0. The van der Waals surface area contributed by atoms with E-state index in [0.717, 1.165) is 42.5 Å². The second-order valence-electron chi connectivity index (χ2n) is 11.2. The molecular formula is C32H35F3N6O4. The first-order valence-corrected chi connectivity index (χ1v) is 14.8. The predicted molar refractivity (Wildman–Crippen MR) is 161 cm³/mol. The van der Waals surface area contributed by atoms with Crippen LogP contribution in [0.1, 0.15) is 59.4 Å². The number of amides is 1. The molecule has 4 aromatic rings. The van der Waals surface area contributed by atoms with Crippen LogP contribution in [-0.4, -0.2) is 62.8 Å². The average Bonchev–Trinajstić information content (AvgIpc) is 3.35. The maximum atomic E-state index is 13.3. The van der Waals surface area contributed by atoms with Crippen molar-refractivity contribution < 1.29 is 32.6 Å².